The van der Waals surface area contributed by atoms with E-state index in [1.807, 2.05) is 24.3 Å². The normalized spacial score (nSPS) is 9.43. The molecule has 0 fully saturated rings. The molecule has 0 bridgehead atoms. The van der Waals surface area contributed by atoms with Gasteiger partial charge in [-0.25, -0.2) is 0 Å². The van der Waals surface area contributed by atoms with E-state index in [1.165, 1.54) is 0 Å². The zero-order chi connectivity index (χ0) is 15.4. The maximum absolute atomic E-state index is 9.31. The van der Waals surface area contributed by atoms with Gasteiger partial charge in [-0.3, -0.25) is 0 Å². The number of hydrogen-bond donors (Lipinski definition) is 2. The fraction of sp³-hybridized carbons (Fsp3) is 0. The van der Waals surface area contributed by atoms with Gasteiger partial charge in [-0.1, -0.05) is 0 Å². The van der Waals surface area contributed by atoms with E-state index in [0.717, 1.165) is 21.4 Å². The molecule has 0 unspecified atom stereocenters. The van der Waals surface area contributed by atoms with Crippen LogP contribution in [0, 0.1) is 21.4 Å². The SMILES string of the molecule is Oc1c(I)cc(I)cc1I.Oc1c(I)cc(I)cc1I.[Cu]. The molecule has 0 aliphatic rings. The summed E-state index contributed by atoms with van der Waals surface area (Å²) in [6.45, 7) is 0. The average Bonchev–Trinajstić information content (AvgIpc) is 2.33. The van der Waals surface area contributed by atoms with Crippen molar-refractivity contribution in [3.8, 4) is 11.5 Å². The Balaban J connectivity index is 0.000000364. The molecule has 2 rings (SSSR count). The fourth-order valence-electron chi connectivity index (χ4n) is 1.07. The summed E-state index contributed by atoms with van der Waals surface area (Å²) in [5.74, 6) is 0.781. The third-order valence-corrected chi connectivity index (χ3v) is 6.50. The number of benzene rings is 2. The third kappa shape index (κ3) is 8.24. The van der Waals surface area contributed by atoms with Gasteiger partial charge < -0.3 is 10.2 Å². The largest absolute Gasteiger partial charge is 0.506 e. The van der Waals surface area contributed by atoms with Crippen molar-refractivity contribution in [3.63, 3.8) is 0 Å². The molecule has 0 amide bonds. The Morgan fingerprint density at radius 3 is 0.905 bits per heavy atom. The molecule has 0 atom stereocenters. The fourth-order valence-corrected chi connectivity index (χ4v) is 8.23. The van der Waals surface area contributed by atoms with E-state index in [1.54, 1.807) is 0 Å². The zero-order valence-electron chi connectivity index (χ0n) is 9.77. The van der Waals surface area contributed by atoms with Gasteiger partial charge in [0, 0.05) is 24.2 Å². The smallest absolute Gasteiger partial charge is 0.142 e. The number of halogens is 6. The number of hydrogen-bond acceptors (Lipinski definition) is 2. The minimum absolute atomic E-state index is 0. The molecule has 0 aromatic heterocycles. The van der Waals surface area contributed by atoms with Crippen LogP contribution in [0.4, 0.5) is 0 Å². The molecule has 0 spiro atoms. The maximum Gasteiger partial charge on any atom is 0.142 e. The van der Waals surface area contributed by atoms with Crippen LogP contribution in [0.3, 0.4) is 0 Å². The van der Waals surface area contributed by atoms with Gasteiger partial charge in [0.2, 0.25) is 0 Å². The summed E-state index contributed by atoms with van der Waals surface area (Å²) in [6, 6.07) is 7.77. The zero-order valence-corrected chi connectivity index (χ0v) is 23.7. The molecule has 2 aromatic carbocycles. The molecule has 119 valence electrons. The average molecular weight is 1010 g/mol. The monoisotopic (exact) mass is 1010 g/mol. The molecule has 2 aromatic rings. The summed E-state index contributed by atoms with van der Waals surface area (Å²) in [4.78, 5) is 0. The minimum atomic E-state index is 0. The summed E-state index contributed by atoms with van der Waals surface area (Å²) < 4.78 is 5.96. The molecule has 0 heterocycles. The first-order chi connectivity index (χ1) is 9.22. The first-order valence-electron chi connectivity index (χ1n) is 4.89. The van der Waals surface area contributed by atoms with Gasteiger partial charge in [0.1, 0.15) is 11.5 Å². The van der Waals surface area contributed by atoms with Crippen LogP contribution in [-0.4, -0.2) is 10.2 Å². The Morgan fingerprint density at radius 2 is 0.714 bits per heavy atom. The van der Waals surface area contributed by atoms with E-state index in [9.17, 15) is 10.2 Å². The van der Waals surface area contributed by atoms with Crippen molar-refractivity contribution in [2.75, 3.05) is 0 Å². The van der Waals surface area contributed by atoms with E-state index >= 15 is 0 Å². The number of phenolic OH excluding ortho intramolecular Hbond substituents is 2. The second kappa shape index (κ2) is 11.5. The van der Waals surface area contributed by atoms with Gasteiger partial charge in [-0.2, -0.15) is 0 Å². The number of phenols is 2. The Labute approximate surface area is 215 Å². The number of rotatable bonds is 0. The van der Waals surface area contributed by atoms with Crippen molar-refractivity contribution in [2.24, 2.45) is 0 Å². The van der Waals surface area contributed by atoms with Gasteiger partial charge in [0.25, 0.3) is 0 Å². The van der Waals surface area contributed by atoms with Crippen LogP contribution in [0.15, 0.2) is 24.3 Å². The van der Waals surface area contributed by atoms with Gasteiger partial charge in [0.05, 0.1) is 14.3 Å². The van der Waals surface area contributed by atoms with Crippen LogP contribution in [0.1, 0.15) is 0 Å². The third-order valence-electron chi connectivity index (χ3n) is 1.96. The van der Waals surface area contributed by atoms with E-state index in [4.69, 9.17) is 0 Å². The predicted octanol–water partition coefficient (Wildman–Crippen LogP) is 6.41. The Morgan fingerprint density at radius 1 is 0.524 bits per heavy atom. The predicted molar refractivity (Wildman–Crippen MR) is 133 cm³/mol. The van der Waals surface area contributed by atoms with Crippen molar-refractivity contribution in [1.29, 1.82) is 0 Å². The molecule has 0 aliphatic carbocycles. The van der Waals surface area contributed by atoms with Crippen molar-refractivity contribution in [3.05, 3.63) is 45.7 Å². The standard InChI is InChI=1S/2C6H3I3O.Cu/c2*7-3-1-4(8)6(10)5(9)2-3;/h2*1-2,10H;. The Hall–Kier alpha value is 2.94. The van der Waals surface area contributed by atoms with Crippen LogP contribution in [0.5, 0.6) is 11.5 Å². The molecule has 21 heavy (non-hydrogen) atoms. The summed E-state index contributed by atoms with van der Waals surface area (Å²) >= 11 is 12.9. The van der Waals surface area contributed by atoms with E-state index in [2.05, 4.69) is 136 Å². The molecule has 2 nitrogen and oxygen atoms in total. The topological polar surface area (TPSA) is 40.5 Å². The molecule has 0 saturated carbocycles. The van der Waals surface area contributed by atoms with Crippen LogP contribution in [0.25, 0.3) is 0 Å². The van der Waals surface area contributed by atoms with Crippen LogP contribution in [-0.2, 0) is 17.1 Å². The Kier molecular flexibility index (Phi) is 13.1. The second-order valence-corrected chi connectivity index (χ2v) is 10.6. The first-order valence-corrected chi connectivity index (χ1v) is 11.4. The molecule has 0 aliphatic heterocycles. The molecule has 1 radical (unpaired) electrons. The van der Waals surface area contributed by atoms with Crippen molar-refractivity contribution >= 4 is 136 Å². The van der Waals surface area contributed by atoms with Crippen LogP contribution >= 0.6 is 136 Å². The summed E-state index contributed by atoms with van der Waals surface area (Å²) in [5, 5.41) is 18.6. The van der Waals surface area contributed by atoms with Crippen LogP contribution in [0.2, 0.25) is 0 Å². The van der Waals surface area contributed by atoms with Gasteiger partial charge in [0.15, 0.2) is 0 Å². The molecule has 0 saturated heterocycles. The quantitative estimate of drug-likeness (QED) is 0.237. The summed E-state index contributed by atoms with van der Waals surface area (Å²) in [5.41, 5.74) is 0. The Bertz CT molecular complexity index is 534. The molecule has 2 N–H and O–H groups in total. The maximum atomic E-state index is 9.31. The first kappa shape index (κ1) is 23.9. The van der Waals surface area contributed by atoms with Crippen molar-refractivity contribution in [2.45, 2.75) is 0 Å². The number of aromatic hydroxyl groups is 2. The molecular formula is C12H6CuI6O2. The second-order valence-electron chi connectivity index (χ2n) is 3.44. The van der Waals surface area contributed by atoms with Crippen LogP contribution < -0.4 is 0 Å². The van der Waals surface area contributed by atoms with Crippen molar-refractivity contribution < 1.29 is 27.3 Å². The van der Waals surface area contributed by atoms with E-state index in [-0.39, 0.29) is 17.1 Å². The van der Waals surface area contributed by atoms with Crippen molar-refractivity contribution in [1.82, 2.24) is 0 Å². The minimum Gasteiger partial charge on any atom is -0.506 e. The van der Waals surface area contributed by atoms with Gasteiger partial charge in [-0.05, 0) is 160 Å². The van der Waals surface area contributed by atoms with E-state index < -0.39 is 0 Å². The van der Waals surface area contributed by atoms with E-state index in [0.29, 0.717) is 11.5 Å². The molecule has 9 heteroatoms. The van der Waals surface area contributed by atoms with Gasteiger partial charge >= 0.3 is 0 Å². The summed E-state index contributed by atoms with van der Waals surface area (Å²) in [7, 11) is 0. The molecular weight excluding hydrogens is 1000 g/mol. The van der Waals surface area contributed by atoms with Gasteiger partial charge in [-0.15, -0.1) is 0 Å². The summed E-state index contributed by atoms with van der Waals surface area (Å²) in [6.07, 6.45) is 0.